The van der Waals surface area contributed by atoms with Crippen molar-refractivity contribution >= 4 is 11.3 Å². The van der Waals surface area contributed by atoms with E-state index in [0.29, 0.717) is 19.3 Å². The molecule has 1 unspecified atom stereocenters. The van der Waals surface area contributed by atoms with E-state index >= 15 is 0 Å². The number of fused-ring (bicyclic) bond motifs is 3. The van der Waals surface area contributed by atoms with Crippen molar-refractivity contribution in [2.24, 2.45) is 0 Å². The summed E-state index contributed by atoms with van der Waals surface area (Å²) in [4.78, 5) is 4.83. The van der Waals surface area contributed by atoms with Crippen LogP contribution in [0.15, 0.2) is 36.4 Å². The van der Waals surface area contributed by atoms with E-state index in [1.54, 1.807) is 7.11 Å². The fraction of sp³-hybridized carbons (Fsp3) is 0.381. The standard InChI is InChI=1S/C21H25N3O2/c1-14-15(2)24-19(26-12-11-25-3)13-17-9-10-18(16-7-5-4-6-8-16)23-20(17)21(24)22-14/h4-8,13,18,23H,9-12H2,1-3H3. The maximum Gasteiger partial charge on any atom is 0.199 e. The summed E-state index contributed by atoms with van der Waals surface area (Å²) in [7, 11) is 1.69. The Balaban J connectivity index is 1.76. The van der Waals surface area contributed by atoms with Crippen LogP contribution >= 0.6 is 0 Å². The highest BCUT2D eigenvalue weighted by Crippen LogP contribution is 2.38. The molecule has 1 aliphatic rings. The summed E-state index contributed by atoms with van der Waals surface area (Å²) >= 11 is 0. The number of hydrogen-bond donors (Lipinski definition) is 1. The number of nitrogens with one attached hydrogen (secondary N) is 1. The maximum absolute atomic E-state index is 6.00. The average Bonchev–Trinajstić information content (AvgIpc) is 2.98. The molecule has 0 aliphatic carbocycles. The van der Waals surface area contributed by atoms with Gasteiger partial charge < -0.3 is 14.8 Å². The quantitative estimate of drug-likeness (QED) is 0.704. The van der Waals surface area contributed by atoms with E-state index in [-0.39, 0.29) is 0 Å². The predicted molar refractivity (Wildman–Crippen MR) is 103 cm³/mol. The third-order valence-corrected chi connectivity index (χ3v) is 5.17. The van der Waals surface area contributed by atoms with Crippen LogP contribution in [-0.4, -0.2) is 29.7 Å². The lowest BCUT2D eigenvalue weighted by atomic mass is 9.94. The first-order valence-electron chi connectivity index (χ1n) is 9.13. The molecule has 26 heavy (non-hydrogen) atoms. The molecular weight excluding hydrogens is 326 g/mol. The number of nitrogens with zero attached hydrogens (tertiary/aromatic N) is 2. The number of aryl methyl sites for hydroxylation is 3. The smallest absolute Gasteiger partial charge is 0.199 e. The molecule has 5 nitrogen and oxygen atoms in total. The lowest BCUT2D eigenvalue weighted by Gasteiger charge is -2.28. The van der Waals surface area contributed by atoms with Crippen LogP contribution in [0.1, 0.15) is 35.0 Å². The normalized spacial score (nSPS) is 16.3. The summed E-state index contributed by atoms with van der Waals surface area (Å²) in [5.41, 5.74) is 6.79. The number of imidazole rings is 1. The Morgan fingerprint density at radius 2 is 2.00 bits per heavy atom. The van der Waals surface area contributed by atoms with Crippen LogP contribution in [-0.2, 0) is 11.2 Å². The van der Waals surface area contributed by atoms with Gasteiger partial charge in [-0.15, -0.1) is 0 Å². The lowest BCUT2D eigenvalue weighted by molar-refractivity contribution is 0.143. The molecule has 136 valence electrons. The molecule has 4 rings (SSSR count). The van der Waals surface area contributed by atoms with E-state index in [1.807, 2.05) is 6.92 Å². The second-order valence-corrected chi connectivity index (χ2v) is 6.81. The van der Waals surface area contributed by atoms with Crippen molar-refractivity contribution in [3.63, 3.8) is 0 Å². The third-order valence-electron chi connectivity index (χ3n) is 5.17. The molecule has 2 aromatic heterocycles. The monoisotopic (exact) mass is 351 g/mol. The summed E-state index contributed by atoms with van der Waals surface area (Å²) in [5.74, 6) is 0.842. The third kappa shape index (κ3) is 2.92. The molecule has 1 aliphatic heterocycles. The number of rotatable bonds is 5. The minimum Gasteiger partial charge on any atom is -0.476 e. The molecular formula is C21H25N3O2. The molecule has 3 aromatic rings. The van der Waals surface area contributed by atoms with Crippen molar-refractivity contribution < 1.29 is 9.47 Å². The van der Waals surface area contributed by atoms with Crippen LogP contribution in [0.5, 0.6) is 5.88 Å². The zero-order valence-corrected chi connectivity index (χ0v) is 15.6. The number of methoxy groups -OCH3 is 1. The zero-order chi connectivity index (χ0) is 18.1. The van der Waals surface area contributed by atoms with Gasteiger partial charge in [-0.2, -0.15) is 0 Å². The van der Waals surface area contributed by atoms with Gasteiger partial charge in [0.05, 0.1) is 24.0 Å². The van der Waals surface area contributed by atoms with Gasteiger partial charge in [0, 0.05) is 18.9 Å². The fourth-order valence-electron chi connectivity index (χ4n) is 3.65. The Bertz CT molecular complexity index is 918. The number of anilines is 1. The van der Waals surface area contributed by atoms with Crippen molar-refractivity contribution in [1.29, 1.82) is 0 Å². The van der Waals surface area contributed by atoms with Crippen molar-refractivity contribution in [3.8, 4) is 5.88 Å². The SMILES string of the molecule is COCCOc1cc2c(c3nc(C)c(C)n13)NC(c1ccccc1)CC2. The number of ether oxygens (including phenoxy) is 2. The van der Waals surface area contributed by atoms with Gasteiger partial charge in [0.1, 0.15) is 6.61 Å². The summed E-state index contributed by atoms with van der Waals surface area (Å²) in [5, 5.41) is 3.73. The minimum atomic E-state index is 0.310. The molecule has 5 heteroatoms. The zero-order valence-electron chi connectivity index (χ0n) is 15.6. The van der Waals surface area contributed by atoms with Gasteiger partial charge in [0.15, 0.2) is 11.5 Å². The number of hydrogen-bond acceptors (Lipinski definition) is 4. The molecule has 1 atom stereocenters. The summed E-state index contributed by atoms with van der Waals surface area (Å²) in [6.07, 6.45) is 2.06. The molecule has 0 bridgehead atoms. The second-order valence-electron chi connectivity index (χ2n) is 6.81. The predicted octanol–water partition coefficient (Wildman–Crippen LogP) is 4.08. The van der Waals surface area contributed by atoms with E-state index in [9.17, 15) is 0 Å². The first kappa shape index (κ1) is 16.9. The first-order chi connectivity index (χ1) is 12.7. The van der Waals surface area contributed by atoms with E-state index < -0.39 is 0 Å². The minimum absolute atomic E-state index is 0.310. The summed E-state index contributed by atoms with van der Waals surface area (Å²) < 4.78 is 13.2. The summed E-state index contributed by atoms with van der Waals surface area (Å²) in [6, 6.07) is 13.1. The van der Waals surface area contributed by atoms with Gasteiger partial charge >= 0.3 is 0 Å². The number of benzene rings is 1. The second kappa shape index (κ2) is 7.00. The van der Waals surface area contributed by atoms with Gasteiger partial charge in [-0.05, 0) is 37.8 Å². The van der Waals surface area contributed by atoms with Gasteiger partial charge in [0.25, 0.3) is 0 Å². The van der Waals surface area contributed by atoms with Crippen molar-refractivity contribution in [1.82, 2.24) is 9.38 Å². The highest BCUT2D eigenvalue weighted by Gasteiger charge is 2.25. The van der Waals surface area contributed by atoms with Crippen LogP contribution < -0.4 is 10.1 Å². The number of pyridine rings is 1. The fourth-order valence-corrected chi connectivity index (χ4v) is 3.65. The van der Waals surface area contributed by atoms with Crippen molar-refractivity contribution in [2.45, 2.75) is 32.7 Å². The van der Waals surface area contributed by atoms with Gasteiger partial charge in [-0.3, -0.25) is 4.40 Å². The Morgan fingerprint density at radius 1 is 1.19 bits per heavy atom. The Morgan fingerprint density at radius 3 is 2.77 bits per heavy atom. The lowest BCUT2D eigenvalue weighted by Crippen LogP contribution is -2.20. The molecule has 0 saturated carbocycles. The van der Waals surface area contributed by atoms with Gasteiger partial charge in [0.2, 0.25) is 0 Å². The topological polar surface area (TPSA) is 47.8 Å². The van der Waals surface area contributed by atoms with Crippen LogP contribution in [0.4, 0.5) is 5.69 Å². The highest BCUT2D eigenvalue weighted by molar-refractivity contribution is 5.76. The van der Waals surface area contributed by atoms with Crippen LogP contribution in [0.2, 0.25) is 0 Å². The largest absolute Gasteiger partial charge is 0.476 e. The first-order valence-corrected chi connectivity index (χ1v) is 9.13. The molecule has 1 aromatic carbocycles. The van der Waals surface area contributed by atoms with E-state index in [1.165, 1.54) is 11.1 Å². The van der Waals surface area contributed by atoms with Crippen LogP contribution in [0, 0.1) is 13.8 Å². The van der Waals surface area contributed by atoms with Gasteiger partial charge in [-0.25, -0.2) is 4.98 Å². The molecule has 0 amide bonds. The molecule has 1 N–H and O–H groups in total. The van der Waals surface area contributed by atoms with Crippen molar-refractivity contribution in [2.75, 3.05) is 25.6 Å². The molecule has 0 saturated heterocycles. The van der Waals surface area contributed by atoms with E-state index in [0.717, 1.165) is 41.4 Å². The molecule has 3 heterocycles. The van der Waals surface area contributed by atoms with E-state index in [2.05, 4.69) is 53.0 Å². The van der Waals surface area contributed by atoms with E-state index in [4.69, 9.17) is 14.5 Å². The summed E-state index contributed by atoms with van der Waals surface area (Å²) in [6.45, 7) is 5.23. The maximum atomic E-state index is 6.00. The number of aromatic nitrogens is 2. The Kier molecular flexibility index (Phi) is 4.55. The van der Waals surface area contributed by atoms with Crippen molar-refractivity contribution in [3.05, 3.63) is 58.9 Å². The Labute approximate surface area is 154 Å². The van der Waals surface area contributed by atoms with Gasteiger partial charge in [-0.1, -0.05) is 30.3 Å². The average molecular weight is 351 g/mol. The molecule has 0 spiro atoms. The van der Waals surface area contributed by atoms with Crippen LogP contribution in [0.3, 0.4) is 0 Å². The Hall–Kier alpha value is -2.53. The molecule has 0 radical (unpaired) electrons. The highest BCUT2D eigenvalue weighted by atomic mass is 16.5. The molecule has 0 fully saturated rings. The van der Waals surface area contributed by atoms with Crippen LogP contribution in [0.25, 0.3) is 5.65 Å².